The maximum Gasteiger partial charge on any atom is 0.167 e. The van der Waals surface area contributed by atoms with E-state index in [4.69, 9.17) is 0 Å². The highest BCUT2D eigenvalue weighted by atomic mass is 16.3. The van der Waals surface area contributed by atoms with Crippen LogP contribution >= 0.6 is 0 Å². The number of hydrogen-bond acceptors (Lipinski definition) is 3. The Morgan fingerprint density at radius 2 is 1.85 bits per heavy atom. The molecule has 4 saturated carbocycles. The normalized spacial score (nSPS) is 53.1. The third-order valence-corrected chi connectivity index (χ3v) is 10.2. The number of fused-ring (bicyclic) bond motifs is 2. The van der Waals surface area contributed by atoms with Crippen LogP contribution in [0.5, 0.6) is 0 Å². The summed E-state index contributed by atoms with van der Waals surface area (Å²) in [5.74, 6) is 1.47. The molecule has 1 N–H and O–H groups in total. The van der Waals surface area contributed by atoms with Crippen molar-refractivity contribution >= 4 is 11.6 Å². The topological polar surface area (TPSA) is 54.4 Å². The lowest BCUT2D eigenvalue weighted by atomic mass is 9.45. The molecule has 3 unspecified atom stereocenters. The van der Waals surface area contributed by atoms with Crippen LogP contribution in [0.25, 0.3) is 0 Å². The van der Waals surface area contributed by atoms with Crippen LogP contribution in [0.3, 0.4) is 0 Å². The number of aliphatic hydroxyl groups is 1. The predicted molar refractivity (Wildman–Crippen MR) is 102 cm³/mol. The quantitative estimate of drug-likeness (QED) is 0.701. The number of hydrogen-bond donors (Lipinski definition) is 1. The van der Waals surface area contributed by atoms with E-state index < -0.39 is 11.0 Å². The number of allylic oxidation sites excluding steroid dienone is 4. The molecule has 0 aromatic heterocycles. The molecule has 27 heavy (non-hydrogen) atoms. The molecule has 8 bridgehead atoms. The van der Waals surface area contributed by atoms with Gasteiger partial charge in [0.1, 0.15) is 0 Å². The molecule has 0 heterocycles. The summed E-state index contributed by atoms with van der Waals surface area (Å²) in [6, 6.07) is 0. The van der Waals surface area contributed by atoms with Crippen LogP contribution in [0.2, 0.25) is 0 Å². The molecule has 7 atom stereocenters. The monoisotopic (exact) mass is 366 g/mol. The van der Waals surface area contributed by atoms with Crippen LogP contribution in [-0.2, 0) is 9.59 Å². The van der Waals surface area contributed by atoms with Gasteiger partial charge in [-0.3, -0.25) is 9.59 Å². The van der Waals surface area contributed by atoms with Crippen LogP contribution in [0, 0.1) is 34.5 Å². The first-order valence-corrected chi connectivity index (χ1v) is 11.1. The lowest BCUT2D eigenvalue weighted by Crippen LogP contribution is -2.58. The van der Waals surface area contributed by atoms with Gasteiger partial charge in [0.25, 0.3) is 0 Å². The second kappa shape index (κ2) is 4.84. The summed E-state index contributed by atoms with van der Waals surface area (Å²) in [5, 5.41) is 11.9. The van der Waals surface area contributed by atoms with E-state index in [2.05, 4.69) is 19.9 Å². The summed E-state index contributed by atoms with van der Waals surface area (Å²) in [7, 11) is 0. The van der Waals surface area contributed by atoms with Crippen molar-refractivity contribution in [2.24, 2.45) is 34.5 Å². The van der Waals surface area contributed by atoms with Crippen molar-refractivity contribution < 1.29 is 14.7 Å². The molecule has 4 fully saturated rings. The predicted octanol–water partition coefficient (Wildman–Crippen LogP) is 4.15. The molecular formula is C24H30O3. The highest BCUT2D eigenvalue weighted by Crippen LogP contribution is 2.67. The first-order chi connectivity index (χ1) is 12.8. The first kappa shape index (κ1) is 16.7. The van der Waals surface area contributed by atoms with Gasteiger partial charge in [-0.1, -0.05) is 19.9 Å². The van der Waals surface area contributed by atoms with Crippen molar-refractivity contribution in [1.82, 2.24) is 0 Å². The highest BCUT2D eigenvalue weighted by Gasteiger charge is 2.66. The molecule has 0 amide bonds. The van der Waals surface area contributed by atoms with E-state index in [9.17, 15) is 14.7 Å². The van der Waals surface area contributed by atoms with Gasteiger partial charge < -0.3 is 5.11 Å². The van der Waals surface area contributed by atoms with Crippen molar-refractivity contribution in [2.45, 2.75) is 77.2 Å². The Balaban J connectivity index is 1.62. The van der Waals surface area contributed by atoms with Crippen LogP contribution in [0.1, 0.15) is 71.6 Å². The molecule has 0 saturated heterocycles. The molecule has 144 valence electrons. The van der Waals surface area contributed by atoms with Crippen LogP contribution < -0.4 is 0 Å². The molecule has 0 radical (unpaired) electrons. The molecule has 1 spiro atoms. The number of Topliss-reactive ketones (excluding diaryl/α,β-unsaturated/α-hetero) is 2. The van der Waals surface area contributed by atoms with E-state index >= 15 is 0 Å². The zero-order valence-electron chi connectivity index (χ0n) is 16.5. The Kier molecular flexibility index (Phi) is 3.00. The standard InChI is InChI=1S/C24H30O3/c1-13-5-10-23-11-7-18(23)20(25)19-15-6-9-22(2)17(8-12-24(13,22)27)14(15)3-4-16(19)21(23)26/h6,13-14,17-18,27H,3-5,7-12H2,1-2H3/t13?,14-,17-,18?,22+,23?,24+/m1/s1. The first-order valence-electron chi connectivity index (χ1n) is 11.1. The number of carbonyl (C=O) groups excluding carboxylic acids is 2. The summed E-state index contributed by atoms with van der Waals surface area (Å²) >= 11 is 0. The van der Waals surface area contributed by atoms with Gasteiger partial charge in [0.05, 0.1) is 5.60 Å². The fourth-order valence-corrected chi connectivity index (χ4v) is 8.43. The summed E-state index contributed by atoms with van der Waals surface area (Å²) < 4.78 is 0. The average molecular weight is 367 g/mol. The molecule has 3 nitrogen and oxygen atoms in total. The second-order valence-corrected chi connectivity index (χ2v) is 10.7. The molecular weight excluding hydrogens is 336 g/mol. The van der Waals surface area contributed by atoms with Crippen molar-refractivity contribution in [2.75, 3.05) is 0 Å². The maximum absolute atomic E-state index is 13.6. The number of carbonyl (C=O) groups is 2. The Morgan fingerprint density at radius 1 is 1.07 bits per heavy atom. The van der Waals surface area contributed by atoms with E-state index in [1.807, 2.05) is 0 Å². The Labute approximate surface area is 161 Å². The molecule has 3 heteroatoms. The summed E-state index contributed by atoms with van der Waals surface area (Å²) in [6.45, 7) is 4.50. The zero-order valence-corrected chi connectivity index (χ0v) is 16.5. The van der Waals surface area contributed by atoms with Crippen LogP contribution in [0.15, 0.2) is 22.8 Å². The average Bonchev–Trinajstić information content (AvgIpc) is 2.91. The fourth-order valence-electron chi connectivity index (χ4n) is 8.43. The van der Waals surface area contributed by atoms with Crippen molar-refractivity contribution in [3.05, 3.63) is 22.8 Å². The van der Waals surface area contributed by atoms with E-state index in [-0.39, 0.29) is 23.0 Å². The van der Waals surface area contributed by atoms with Crippen molar-refractivity contribution in [1.29, 1.82) is 0 Å². The smallest absolute Gasteiger partial charge is 0.167 e. The second-order valence-electron chi connectivity index (χ2n) is 10.7. The van der Waals surface area contributed by atoms with Gasteiger partial charge in [0, 0.05) is 27.9 Å². The third kappa shape index (κ3) is 1.63. The van der Waals surface area contributed by atoms with Crippen LogP contribution in [-0.4, -0.2) is 22.3 Å². The molecule has 9 aliphatic carbocycles. The van der Waals surface area contributed by atoms with E-state index in [0.717, 1.165) is 68.9 Å². The van der Waals surface area contributed by atoms with Gasteiger partial charge in [-0.15, -0.1) is 0 Å². The van der Waals surface area contributed by atoms with Gasteiger partial charge in [-0.05, 0) is 81.1 Å². The largest absolute Gasteiger partial charge is 0.389 e. The fraction of sp³-hybridized carbons (Fsp3) is 0.750. The van der Waals surface area contributed by atoms with Gasteiger partial charge in [0.15, 0.2) is 11.6 Å². The van der Waals surface area contributed by atoms with E-state index in [1.54, 1.807) is 0 Å². The third-order valence-electron chi connectivity index (χ3n) is 10.2. The van der Waals surface area contributed by atoms with Gasteiger partial charge in [0.2, 0.25) is 0 Å². The number of rotatable bonds is 0. The highest BCUT2D eigenvalue weighted by molar-refractivity contribution is 6.19. The van der Waals surface area contributed by atoms with E-state index in [1.165, 1.54) is 5.57 Å². The summed E-state index contributed by atoms with van der Waals surface area (Å²) in [5.41, 5.74) is 1.73. The minimum Gasteiger partial charge on any atom is -0.389 e. The Morgan fingerprint density at radius 3 is 2.59 bits per heavy atom. The van der Waals surface area contributed by atoms with Gasteiger partial charge in [-0.2, -0.15) is 0 Å². The maximum atomic E-state index is 13.6. The number of ketones is 2. The Bertz CT molecular complexity index is 850. The summed E-state index contributed by atoms with van der Waals surface area (Å²) in [6.07, 6.45) is 10.2. The molecule has 0 aliphatic heterocycles. The van der Waals surface area contributed by atoms with Crippen molar-refractivity contribution in [3.63, 3.8) is 0 Å². The Hall–Kier alpha value is -1.22. The lowest BCUT2D eigenvalue weighted by Gasteiger charge is -2.57. The zero-order chi connectivity index (χ0) is 18.8. The van der Waals surface area contributed by atoms with Crippen LogP contribution in [0.4, 0.5) is 0 Å². The molecule has 0 aromatic carbocycles. The SMILES string of the molecule is CC1CCC23CCC2C(=O)C2=C(CC[C@@H]4C2=CC[C@@]2(C)[C@@H]4CC[C@]12O)C3=O. The molecule has 0 aromatic rings. The van der Waals surface area contributed by atoms with Gasteiger partial charge in [-0.25, -0.2) is 0 Å². The van der Waals surface area contributed by atoms with Crippen molar-refractivity contribution in [3.8, 4) is 0 Å². The van der Waals surface area contributed by atoms with E-state index in [0.29, 0.717) is 17.6 Å². The minimum absolute atomic E-state index is 0.0874. The molecule has 9 rings (SSSR count). The lowest BCUT2D eigenvalue weighted by molar-refractivity contribution is -0.153. The minimum atomic E-state index is -0.643. The molecule has 9 aliphatic rings. The summed E-state index contributed by atoms with van der Waals surface area (Å²) in [4.78, 5) is 27.1. The van der Waals surface area contributed by atoms with Gasteiger partial charge >= 0.3 is 0 Å².